The van der Waals surface area contributed by atoms with Gasteiger partial charge in [-0.25, -0.2) is 0 Å². The van der Waals surface area contributed by atoms with Gasteiger partial charge in [0.2, 0.25) is 29.5 Å². The molecule has 0 spiro atoms. The number of hydrogen-bond donors (Lipinski definition) is 6. The fourth-order valence-corrected chi connectivity index (χ4v) is 8.66. The number of nitrogens with zero attached hydrogens (tertiary/aromatic N) is 1. The van der Waals surface area contributed by atoms with Gasteiger partial charge in [0.05, 0.1) is 18.2 Å². The van der Waals surface area contributed by atoms with E-state index in [9.17, 15) is 34.2 Å². The lowest BCUT2D eigenvalue weighted by Gasteiger charge is -2.60. The Kier molecular flexibility index (Phi) is 10.1. The van der Waals surface area contributed by atoms with Crippen LogP contribution in [-0.2, 0) is 30.4 Å². The largest absolute Gasteiger partial charge is 0.391 e. The van der Waals surface area contributed by atoms with Crippen molar-refractivity contribution in [1.82, 2.24) is 26.2 Å². The highest BCUT2D eigenvalue weighted by Gasteiger charge is 2.57. The van der Waals surface area contributed by atoms with Crippen molar-refractivity contribution in [2.45, 2.75) is 102 Å². The molecule has 0 aromatic heterocycles. The van der Waals surface area contributed by atoms with Crippen LogP contribution in [0.15, 0.2) is 30.3 Å². The predicted octanol–water partition coefficient (Wildman–Crippen LogP) is 0.400. The molecule has 6 atom stereocenters. The first-order valence-corrected chi connectivity index (χ1v) is 16.6. The van der Waals surface area contributed by atoms with Gasteiger partial charge in [-0.3, -0.25) is 24.0 Å². The van der Waals surface area contributed by atoms with Gasteiger partial charge < -0.3 is 36.4 Å². The highest BCUT2D eigenvalue weighted by molar-refractivity contribution is 5.95. The van der Waals surface area contributed by atoms with Crippen LogP contribution in [0.3, 0.4) is 0 Å². The number of hydrogen-bond acceptors (Lipinski definition) is 7. The summed E-state index contributed by atoms with van der Waals surface area (Å²) in [7, 11) is 0. The van der Waals surface area contributed by atoms with Crippen molar-refractivity contribution in [3.63, 3.8) is 0 Å². The van der Waals surface area contributed by atoms with E-state index in [1.165, 1.54) is 11.8 Å². The minimum absolute atomic E-state index is 0.0147. The highest BCUT2D eigenvalue weighted by atomic mass is 16.3. The number of benzene rings is 1. The van der Waals surface area contributed by atoms with Gasteiger partial charge in [0.25, 0.3) is 0 Å². The van der Waals surface area contributed by atoms with Crippen molar-refractivity contribution in [3.8, 4) is 0 Å². The minimum atomic E-state index is -1.31. The van der Waals surface area contributed by atoms with Crippen molar-refractivity contribution in [2.24, 2.45) is 23.2 Å². The van der Waals surface area contributed by atoms with Crippen LogP contribution in [-0.4, -0.2) is 94.1 Å². The lowest BCUT2D eigenvalue weighted by atomic mass is 9.47. The zero-order valence-corrected chi connectivity index (χ0v) is 27.1. The van der Waals surface area contributed by atoms with Crippen molar-refractivity contribution < 1.29 is 34.2 Å². The number of amides is 5. The summed E-state index contributed by atoms with van der Waals surface area (Å²) in [6, 6.07) is 5.66. The lowest BCUT2D eigenvalue weighted by molar-refractivity contribution is -0.172. The van der Waals surface area contributed by atoms with Crippen LogP contribution in [0.2, 0.25) is 0 Å². The summed E-state index contributed by atoms with van der Waals surface area (Å²) in [5.74, 6) is -2.20. The maximum atomic E-state index is 13.9. The van der Waals surface area contributed by atoms with E-state index in [0.29, 0.717) is 18.3 Å². The van der Waals surface area contributed by atoms with E-state index < -0.39 is 53.5 Å². The SMILES string of the molecule is CC(C)[C@H]1NC(=O)CN(C(=O)CC23CC4CC(CC(O)(C4)C2)C3)CCNC(=O)[C@H]([C@@H](C)O)NC(=O)[C@H](Cc2ccccc2)NC1=O. The highest BCUT2D eigenvalue weighted by Crippen LogP contribution is 2.62. The first kappa shape index (κ1) is 33.8. The maximum Gasteiger partial charge on any atom is 0.245 e. The van der Waals surface area contributed by atoms with Crippen LogP contribution in [0.25, 0.3) is 0 Å². The molecule has 5 aliphatic rings. The third-order valence-electron chi connectivity index (χ3n) is 10.3. The molecular formula is C34H49N5O7. The van der Waals surface area contributed by atoms with Gasteiger partial charge in [0.15, 0.2) is 0 Å². The Bertz CT molecular complexity index is 1300. The summed E-state index contributed by atoms with van der Waals surface area (Å²) < 4.78 is 0. The average Bonchev–Trinajstić information content (AvgIpc) is 2.96. The molecule has 6 N–H and O–H groups in total. The number of carbonyl (C=O) groups is 5. The third kappa shape index (κ3) is 7.88. The Morgan fingerprint density at radius 3 is 2.20 bits per heavy atom. The average molecular weight is 640 g/mol. The maximum absolute atomic E-state index is 13.9. The Morgan fingerprint density at radius 2 is 1.59 bits per heavy atom. The molecular weight excluding hydrogens is 590 g/mol. The first-order chi connectivity index (χ1) is 21.7. The van der Waals surface area contributed by atoms with Crippen molar-refractivity contribution in [1.29, 1.82) is 0 Å². The molecule has 1 heterocycles. The molecule has 4 saturated carbocycles. The summed E-state index contributed by atoms with van der Waals surface area (Å²) in [4.78, 5) is 69.0. The zero-order chi connectivity index (χ0) is 33.2. The van der Waals surface area contributed by atoms with Crippen LogP contribution in [0.5, 0.6) is 0 Å². The zero-order valence-electron chi connectivity index (χ0n) is 27.1. The van der Waals surface area contributed by atoms with Gasteiger partial charge >= 0.3 is 0 Å². The van der Waals surface area contributed by atoms with E-state index in [1.54, 1.807) is 13.8 Å². The fourth-order valence-electron chi connectivity index (χ4n) is 8.66. The molecule has 12 heteroatoms. The Balaban J connectivity index is 1.37. The van der Waals surface area contributed by atoms with Gasteiger partial charge in [-0.1, -0.05) is 44.2 Å². The fraction of sp³-hybridized carbons (Fsp3) is 0.676. The molecule has 252 valence electrons. The summed E-state index contributed by atoms with van der Waals surface area (Å²) >= 11 is 0. The number of nitrogens with one attached hydrogen (secondary N) is 4. The number of aliphatic hydroxyl groups excluding tert-OH is 1. The van der Waals surface area contributed by atoms with Gasteiger partial charge in [0.1, 0.15) is 18.1 Å². The van der Waals surface area contributed by atoms with E-state index in [1.807, 2.05) is 30.3 Å². The second-order valence-electron chi connectivity index (χ2n) is 14.7. The quantitative estimate of drug-likeness (QED) is 0.261. The molecule has 4 bridgehead atoms. The van der Waals surface area contributed by atoms with Crippen LogP contribution in [0.1, 0.15) is 71.3 Å². The molecule has 0 radical (unpaired) electrons. The van der Waals surface area contributed by atoms with Crippen molar-refractivity contribution in [2.75, 3.05) is 19.6 Å². The Morgan fingerprint density at radius 1 is 0.913 bits per heavy atom. The minimum Gasteiger partial charge on any atom is -0.391 e. The van der Waals surface area contributed by atoms with Gasteiger partial charge in [-0.05, 0) is 74.2 Å². The van der Waals surface area contributed by atoms with Crippen LogP contribution >= 0.6 is 0 Å². The second-order valence-corrected chi connectivity index (χ2v) is 14.7. The molecule has 1 saturated heterocycles. The van der Waals surface area contributed by atoms with E-state index in [0.717, 1.165) is 37.7 Å². The lowest BCUT2D eigenvalue weighted by Crippen LogP contribution is -2.60. The second kappa shape index (κ2) is 13.7. The number of carbonyl (C=O) groups excluding carboxylic acids is 5. The van der Waals surface area contributed by atoms with Gasteiger partial charge in [-0.2, -0.15) is 0 Å². The van der Waals surface area contributed by atoms with Crippen LogP contribution in [0.4, 0.5) is 0 Å². The number of aliphatic hydroxyl groups is 2. The molecule has 1 aromatic carbocycles. The van der Waals surface area contributed by atoms with E-state index in [2.05, 4.69) is 21.3 Å². The van der Waals surface area contributed by atoms with E-state index in [4.69, 9.17) is 0 Å². The molecule has 1 aromatic rings. The molecule has 12 nitrogen and oxygen atoms in total. The topological polar surface area (TPSA) is 177 Å². The van der Waals surface area contributed by atoms with E-state index >= 15 is 0 Å². The molecule has 1 aliphatic heterocycles. The van der Waals surface area contributed by atoms with Gasteiger partial charge in [0, 0.05) is 25.9 Å². The van der Waals surface area contributed by atoms with Crippen LogP contribution in [0, 0.1) is 23.2 Å². The summed E-state index contributed by atoms with van der Waals surface area (Å²) in [5, 5.41) is 32.5. The molecule has 5 fully saturated rings. The summed E-state index contributed by atoms with van der Waals surface area (Å²) in [5.41, 5.74) is -0.282. The predicted molar refractivity (Wildman–Crippen MR) is 169 cm³/mol. The number of rotatable bonds is 6. The molecule has 4 aliphatic carbocycles. The first-order valence-electron chi connectivity index (χ1n) is 16.6. The Hall–Kier alpha value is -3.51. The molecule has 6 rings (SSSR count). The summed E-state index contributed by atoms with van der Waals surface area (Å²) in [6.45, 7) is 4.62. The molecule has 5 amide bonds. The monoisotopic (exact) mass is 639 g/mol. The van der Waals surface area contributed by atoms with Crippen molar-refractivity contribution >= 4 is 29.5 Å². The van der Waals surface area contributed by atoms with Gasteiger partial charge in [-0.15, -0.1) is 0 Å². The summed E-state index contributed by atoms with van der Waals surface area (Å²) in [6.07, 6.45) is 4.05. The molecule has 2 unspecified atom stereocenters. The van der Waals surface area contributed by atoms with Crippen LogP contribution < -0.4 is 21.3 Å². The third-order valence-corrected chi connectivity index (χ3v) is 10.3. The standard InChI is InChI=1S/C34H49N5O7/c1-20(2)28-32(45)36-25(12-22-7-5-4-6-8-22)30(43)38-29(21(3)40)31(44)35-9-10-39(18-26(41)37-28)27(42)17-33-13-23-11-24(14-33)16-34(46,15-23)19-33/h4-8,20-21,23-25,28-29,40,46H,9-19H2,1-3H3,(H,35,44)(H,36,45)(H,37,41)(H,38,43)/t21-,23?,24?,25+,28-,29+,33?,34?/m1/s1. The molecule has 46 heavy (non-hydrogen) atoms. The normalized spacial score (nSPS) is 34.6. The van der Waals surface area contributed by atoms with E-state index in [-0.39, 0.29) is 49.7 Å². The smallest absolute Gasteiger partial charge is 0.245 e. The Labute approximate surface area is 270 Å². The van der Waals surface area contributed by atoms with Crippen molar-refractivity contribution in [3.05, 3.63) is 35.9 Å².